The number of benzene rings is 1. The van der Waals surface area contributed by atoms with Crippen molar-refractivity contribution in [2.45, 2.75) is 10.1 Å². The van der Waals surface area contributed by atoms with E-state index in [9.17, 15) is 4.79 Å². The van der Waals surface area contributed by atoms with Gasteiger partial charge in [0, 0.05) is 5.69 Å². The average Bonchev–Trinajstić information content (AvgIpc) is 3.23. The van der Waals surface area contributed by atoms with Gasteiger partial charge < -0.3 is 10.3 Å². The number of H-pyrrole nitrogens is 1. The maximum Gasteiger partial charge on any atom is 0.268 e. The van der Waals surface area contributed by atoms with E-state index in [0.29, 0.717) is 16.3 Å². The first-order chi connectivity index (χ1) is 11.8. The highest BCUT2D eigenvalue weighted by atomic mass is 32.2. The Morgan fingerprint density at radius 2 is 2.04 bits per heavy atom. The molecule has 4 aromatic rings. The summed E-state index contributed by atoms with van der Waals surface area (Å²) in [5.41, 5.74) is 1.62. The molecular formula is C15H11N5OS3. The van der Waals surface area contributed by atoms with E-state index in [1.54, 1.807) is 0 Å². The van der Waals surface area contributed by atoms with E-state index in [0.717, 1.165) is 20.7 Å². The van der Waals surface area contributed by atoms with Crippen molar-refractivity contribution in [3.05, 3.63) is 58.0 Å². The third-order valence-corrected chi connectivity index (χ3v) is 6.01. The first kappa shape index (κ1) is 15.3. The van der Waals surface area contributed by atoms with Gasteiger partial charge in [-0.25, -0.2) is 4.98 Å². The maximum absolute atomic E-state index is 11.9. The Morgan fingerprint density at radius 3 is 2.92 bits per heavy atom. The highest BCUT2D eigenvalue weighted by molar-refractivity contribution is 8.00. The number of para-hydroxylation sites is 1. The largest absolute Gasteiger partial charge is 0.330 e. The molecule has 6 nitrogen and oxygen atoms in total. The van der Waals surface area contributed by atoms with Crippen LogP contribution < -0.4 is 10.9 Å². The van der Waals surface area contributed by atoms with Gasteiger partial charge in [-0.2, -0.15) is 0 Å². The molecule has 0 bridgehead atoms. The van der Waals surface area contributed by atoms with Crippen molar-refractivity contribution < 1.29 is 0 Å². The number of nitrogens with one attached hydrogen (secondary N) is 2. The summed E-state index contributed by atoms with van der Waals surface area (Å²) in [5.74, 6) is 1.18. The van der Waals surface area contributed by atoms with E-state index in [1.807, 2.05) is 41.8 Å². The Bertz CT molecular complexity index is 1020. The lowest BCUT2D eigenvalue weighted by Crippen LogP contribution is -2.09. The van der Waals surface area contributed by atoms with Crippen LogP contribution in [0, 0.1) is 0 Å². The van der Waals surface area contributed by atoms with Crippen LogP contribution in [0.25, 0.3) is 10.2 Å². The van der Waals surface area contributed by atoms with E-state index < -0.39 is 0 Å². The lowest BCUT2D eigenvalue weighted by molar-refractivity contribution is 1.00. The molecule has 4 rings (SSSR count). The number of rotatable bonds is 5. The molecule has 9 heteroatoms. The molecule has 0 aliphatic carbocycles. The van der Waals surface area contributed by atoms with Crippen LogP contribution in [-0.4, -0.2) is 20.2 Å². The van der Waals surface area contributed by atoms with Gasteiger partial charge in [-0.15, -0.1) is 21.5 Å². The molecule has 0 saturated carbocycles. The Labute approximate surface area is 149 Å². The van der Waals surface area contributed by atoms with Crippen LogP contribution in [0.3, 0.4) is 0 Å². The zero-order valence-corrected chi connectivity index (χ0v) is 14.7. The molecule has 0 spiro atoms. The van der Waals surface area contributed by atoms with Gasteiger partial charge in [0.15, 0.2) is 4.34 Å². The summed E-state index contributed by atoms with van der Waals surface area (Å²) in [4.78, 5) is 19.2. The number of hydrogen-bond acceptors (Lipinski definition) is 8. The van der Waals surface area contributed by atoms with Crippen molar-refractivity contribution in [1.29, 1.82) is 0 Å². The first-order valence-corrected chi connectivity index (χ1v) is 9.71. The van der Waals surface area contributed by atoms with E-state index in [1.165, 1.54) is 34.4 Å². The van der Waals surface area contributed by atoms with Crippen LogP contribution in [0.15, 0.2) is 50.9 Å². The number of thiophene rings is 1. The molecule has 0 saturated heterocycles. The van der Waals surface area contributed by atoms with Gasteiger partial charge >= 0.3 is 0 Å². The normalized spacial score (nSPS) is 11.0. The second kappa shape index (κ2) is 6.71. The number of thioether (sulfide) groups is 1. The first-order valence-electron chi connectivity index (χ1n) is 7.03. The summed E-state index contributed by atoms with van der Waals surface area (Å²) in [6, 6.07) is 11.7. The number of fused-ring (bicyclic) bond motifs is 1. The van der Waals surface area contributed by atoms with E-state index in [-0.39, 0.29) is 5.56 Å². The minimum absolute atomic E-state index is 0.0886. The minimum Gasteiger partial charge on any atom is -0.330 e. The van der Waals surface area contributed by atoms with E-state index >= 15 is 0 Å². The summed E-state index contributed by atoms with van der Waals surface area (Å²) in [6.45, 7) is 0. The summed E-state index contributed by atoms with van der Waals surface area (Å²) in [6.07, 6.45) is 0. The summed E-state index contributed by atoms with van der Waals surface area (Å²) in [7, 11) is 0. The van der Waals surface area contributed by atoms with Crippen molar-refractivity contribution >= 4 is 55.5 Å². The van der Waals surface area contributed by atoms with E-state index in [2.05, 4.69) is 25.5 Å². The van der Waals surface area contributed by atoms with Crippen LogP contribution >= 0.6 is 34.4 Å². The van der Waals surface area contributed by atoms with Gasteiger partial charge in [0.25, 0.3) is 5.56 Å². The number of anilines is 2. The van der Waals surface area contributed by atoms with Crippen LogP contribution in [0.1, 0.15) is 5.82 Å². The standard InChI is InChI=1S/C15H11N5OS3/c21-13-12-10(6-7-22-12)17-11(18-13)8-23-15-20-19-14(24-15)16-9-4-2-1-3-5-9/h1-7H,8H2,(H,16,19)(H,17,18,21). The molecule has 3 aromatic heterocycles. The Morgan fingerprint density at radius 1 is 1.17 bits per heavy atom. The lowest BCUT2D eigenvalue weighted by Gasteiger charge is -1.99. The Balaban J connectivity index is 1.45. The maximum atomic E-state index is 11.9. The summed E-state index contributed by atoms with van der Waals surface area (Å²) >= 11 is 4.37. The van der Waals surface area contributed by atoms with Gasteiger partial charge in [0.1, 0.15) is 10.5 Å². The monoisotopic (exact) mass is 373 g/mol. The molecule has 0 aliphatic heterocycles. The van der Waals surface area contributed by atoms with Crippen molar-refractivity contribution in [3.63, 3.8) is 0 Å². The minimum atomic E-state index is -0.0886. The van der Waals surface area contributed by atoms with Crippen LogP contribution in [0.4, 0.5) is 10.8 Å². The smallest absolute Gasteiger partial charge is 0.268 e. The predicted octanol–water partition coefficient (Wildman–Crippen LogP) is 3.87. The van der Waals surface area contributed by atoms with Crippen molar-refractivity contribution in [2.75, 3.05) is 5.32 Å². The van der Waals surface area contributed by atoms with Crippen molar-refractivity contribution in [1.82, 2.24) is 20.2 Å². The van der Waals surface area contributed by atoms with Gasteiger partial charge in [0.05, 0.1) is 11.3 Å². The second-order valence-corrected chi connectivity index (χ2v) is 7.92. The molecule has 3 heterocycles. The summed E-state index contributed by atoms with van der Waals surface area (Å²) < 4.78 is 1.48. The highest BCUT2D eigenvalue weighted by Crippen LogP contribution is 2.29. The molecule has 2 N–H and O–H groups in total. The van der Waals surface area contributed by atoms with E-state index in [4.69, 9.17) is 0 Å². The lowest BCUT2D eigenvalue weighted by atomic mass is 10.3. The fourth-order valence-corrected chi connectivity index (χ4v) is 4.45. The molecule has 0 radical (unpaired) electrons. The molecule has 24 heavy (non-hydrogen) atoms. The molecule has 0 atom stereocenters. The fraction of sp³-hybridized carbons (Fsp3) is 0.0667. The van der Waals surface area contributed by atoms with Gasteiger partial charge in [-0.1, -0.05) is 41.3 Å². The highest BCUT2D eigenvalue weighted by Gasteiger charge is 2.09. The topological polar surface area (TPSA) is 83.6 Å². The van der Waals surface area contributed by atoms with Gasteiger partial charge in [-0.3, -0.25) is 4.79 Å². The third kappa shape index (κ3) is 3.32. The van der Waals surface area contributed by atoms with Crippen LogP contribution in [0.2, 0.25) is 0 Å². The third-order valence-electron chi connectivity index (χ3n) is 3.13. The average molecular weight is 373 g/mol. The summed E-state index contributed by atoms with van der Waals surface area (Å²) in [5, 5.41) is 14.1. The molecule has 0 amide bonds. The Hall–Kier alpha value is -2.23. The number of aromatic nitrogens is 4. The molecule has 120 valence electrons. The van der Waals surface area contributed by atoms with Crippen molar-refractivity contribution in [2.24, 2.45) is 0 Å². The zero-order chi connectivity index (χ0) is 16.4. The SMILES string of the molecule is O=c1[nH]c(CSc2nnc(Nc3ccccc3)s2)nc2ccsc12. The zero-order valence-electron chi connectivity index (χ0n) is 12.2. The van der Waals surface area contributed by atoms with Gasteiger partial charge in [-0.05, 0) is 23.6 Å². The van der Waals surface area contributed by atoms with Crippen molar-refractivity contribution in [3.8, 4) is 0 Å². The molecule has 0 fully saturated rings. The molecular weight excluding hydrogens is 362 g/mol. The molecule has 0 aliphatic rings. The number of aromatic amines is 1. The molecule has 1 aromatic carbocycles. The van der Waals surface area contributed by atoms with Crippen LogP contribution in [0.5, 0.6) is 0 Å². The second-order valence-electron chi connectivity index (χ2n) is 4.80. The predicted molar refractivity (Wildman–Crippen MR) is 99.4 cm³/mol. The van der Waals surface area contributed by atoms with Gasteiger partial charge in [0.2, 0.25) is 5.13 Å². The van der Waals surface area contributed by atoms with Crippen LogP contribution in [-0.2, 0) is 5.75 Å². The number of hydrogen-bond donors (Lipinski definition) is 2. The number of nitrogens with zero attached hydrogens (tertiary/aromatic N) is 3. The quantitative estimate of drug-likeness (QED) is 0.517. The fourth-order valence-electron chi connectivity index (χ4n) is 2.08. The Kier molecular flexibility index (Phi) is 4.28. The molecule has 0 unspecified atom stereocenters.